The molecule has 1 saturated carbocycles. The van der Waals surface area contributed by atoms with Gasteiger partial charge in [0.05, 0.1) is 6.10 Å². The molecule has 0 atom stereocenters. The number of hydrogen-bond donors (Lipinski definition) is 1. The minimum atomic E-state index is 0.538. The maximum Gasteiger partial charge on any atom is 0.0605 e. The molecule has 2 fully saturated rings. The van der Waals surface area contributed by atoms with E-state index in [2.05, 4.69) is 31.0 Å². The van der Waals surface area contributed by atoms with Crippen molar-refractivity contribution in [1.82, 2.24) is 10.2 Å². The summed E-state index contributed by atoms with van der Waals surface area (Å²) in [4.78, 5) is 2.69. The van der Waals surface area contributed by atoms with Gasteiger partial charge in [-0.05, 0) is 63.6 Å². The Balaban J connectivity index is 1.47. The van der Waals surface area contributed by atoms with Crippen LogP contribution in [0.3, 0.4) is 0 Å². The maximum absolute atomic E-state index is 6.18. The molecule has 2 aliphatic rings. The van der Waals surface area contributed by atoms with E-state index < -0.39 is 0 Å². The normalized spacial score (nSPS) is 26.0. The number of likely N-dealkylation sites (tertiary alicyclic amines) is 1. The van der Waals surface area contributed by atoms with E-state index in [9.17, 15) is 0 Å². The fourth-order valence-electron chi connectivity index (χ4n) is 4.07. The summed E-state index contributed by atoms with van der Waals surface area (Å²) in [6.07, 6.45) is 12.3. The third-order valence-electron chi connectivity index (χ3n) is 6.25. The van der Waals surface area contributed by atoms with Crippen LogP contribution in [0.15, 0.2) is 0 Å². The van der Waals surface area contributed by atoms with Gasteiger partial charge in [0.25, 0.3) is 0 Å². The molecule has 0 aromatic rings. The summed E-state index contributed by atoms with van der Waals surface area (Å²) >= 11 is 0. The summed E-state index contributed by atoms with van der Waals surface area (Å²) < 4.78 is 6.18. The van der Waals surface area contributed by atoms with E-state index >= 15 is 0 Å². The highest BCUT2D eigenvalue weighted by Crippen LogP contribution is 2.26. The second-order valence-electron chi connectivity index (χ2n) is 8.21. The molecule has 0 amide bonds. The third-order valence-corrected chi connectivity index (χ3v) is 6.25. The molecule has 1 saturated heterocycles. The molecule has 3 nitrogen and oxygen atoms in total. The molecule has 0 radical (unpaired) electrons. The van der Waals surface area contributed by atoms with Crippen molar-refractivity contribution in [2.45, 2.75) is 90.7 Å². The zero-order valence-corrected chi connectivity index (χ0v) is 16.6. The molecule has 1 heterocycles. The first-order chi connectivity index (χ1) is 11.7. The summed E-state index contributed by atoms with van der Waals surface area (Å²) in [5.41, 5.74) is 0. The molecular weight excluding hydrogens is 296 g/mol. The number of unbranched alkanes of at least 4 members (excludes halogenated alkanes) is 2. The Hall–Kier alpha value is -0.120. The van der Waals surface area contributed by atoms with E-state index in [-0.39, 0.29) is 0 Å². The standard InChI is InChI=1S/C21H42N2O/c1-4-7-8-11-22-20-14-21(15-20)24-17-19-9-12-23(13-10-19)16-18(5-2)6-3/h18-22H,4-17H2,1-3H3/t20-,21-. The fraction of sp³-hybridized carbons (Fsp3) is 1.00. The van der Waals surface area contributed by atoms with E-state index in [1.807, 2.05) is 0 Å². The van der Waals surface area contributed by atoms with Gasteiger partial charge in [0.15, 0.2) is 0 Å². The smallest absolute Gasteiger partial charge is 0.0605 e. The Morgan fingerprint density at radius 2 is 1.75 bits per heavy atom. The first-order valence-corrected chi connectivity index (χ1v) is 10.8. The summed E-state index contributed by atoms with van der Waals surface area (Å²) in [7, 11) is 0. The van der Waals surface area contributed by atoms with Crippen LogP contribution in [0.25, 0.3) is 0 Å². The second kappa shape index (κ2) is 11.5. The Labute approximate surface area is 150 Å². The van der Waals surface area contributed by atoms with Crippen molar-refractivity contribution in [3.05, 3.63) is 0 Å². The molecule has 2 rings (SSSR count). The van der Waals surface area contributed by atoms with E-state index in [0.717, 1.165) is 24.5 Å². The van der Waals surface area contributed by atoms with Gasteiger partial charge < -0.3 is 15.0 Å². The maximum atomic E-state index is 6.18. The summed E-state index contributed by atoms with van der Waals surface area (Å²) in [6.45, 7) is 13.0. The van der Waals surface area contributed by atoms with E-state index in [4.69, 9.17) is 4.74 Å². The van der Waals surface area contributed by atoms with Crippen molar-refractivity contribution in [3.8, 4) is 0 Å². The molecule has 1 aliphatic carbocycles. The SMILES string of the molecule is CCCCCN[C@H]1C[C@H](OCC2CCN(CC(CC)CC)CC2)C1. The molecular formula is C21H42N2O. The predicted octanol–water partition coefficient (Wildman–Crippen LogP) is 4.46. The first kappa shape index (κ1) is 20.2. The lowest BCUT2D eigenvalue weighted by atomic mass is 9.88. The van der Waals surface area contributed by atoms with Crippen LogP contribution in [0.5, 0.6) is 0 Å². The Bertz CT molecular complexity index is 305. The average Bonchev–Trinajstić information content (AvgIpc) is 2.58. The number of hydrogen-bond acceptors (Lipinski definition) is 3. The van der Waals surface area contributed by atoms with Crippen LogP contribution in [0.1, 0.15) is 78.6 Å². The minimum absolute atomic E-state index is 0.538. The molecule has 1 N–H and O–H groups in total. The van der Waals surface area contributed by atoms with E-state index in [1.54, 1.807) is 0 Å². The molecule has 142 valence electrons. The molecule has 0 unspecified atom stereocenters. The number of piperidine rings is 1. The van der Waals surface area contributed by atoms with Crippen LogP contribution in [0.4, 0.5) is 0 Å². The topological polar surface area (TPSA) is 24.5 Å². The van der Waals surface area contributed by atoms with Gasteiger partial charge in [-0.2, -0.15) is 0 Å². The summed E-state index contributed by atoms with van der Waals surface area (Å²) in [5, 5.41) is 3.67. The summed E-state index contributed by atoms with van der Waals surface area (Å²) in [6, 6.07) is 0.730. The number of rotatable bonds is 12. The van der Waals surface area contributed by atoms with Crippen LogP contribution >= 0.6 is 0 Å². The second-order valence-corrected chi connectivity index (χ2v) is 8.21. The Morgan fingerprint density at radius 3 is 2.38 bits per heavy atom. The number of ether oxygens (including phenoxy) is 1. The van der Waals surface area contributed by atoms with E-state index in [1.165, 1.54) is 84.0 Å². The van der Waals surface area contributed by atoms with Crippen LogP contribution in [0.2, 0.25) is 0 Å². The average molecular weight is 339 g/mol. The highest BCUT2D eigenvalue weighted by Gasteiger charge is 2.30. The van der Waals surface area contributed by atoms with Gasteiger partial charge >= 0.3 is 0 Å². The van der Waals surface area contributed by atoms with Gasteiger partial charge in [-0.3, -0.25) is 0 Å². The number of nitrogens with zero attached hydrogens (tertiary/aromatic N) is 1. The van der Waals surface area contributed by atoms with Crippen LogP contribution in [-0.2, 0) is 4.74 Å². The highest BCUT2D eigenvalue weighted by atomic mass is 16.5. The molecule has 0 aromatic heterocycles. The first-order valence-electron chi connectivity index (χ1n) is 10.8. The Morgan fingerprint density at radius 1 is 1.04 bits per heavy atom. The van der Waals surface area contributed by atoms with Gasteiger partial charge in [0.2, 0.25) is 0 Å². The van der Waals surface area contributed by atoms with Crippen LogP contribution < -0.4 is 5.32 Å². The number of nitrogens with one attached hydrogen (secondary N) is 1. The van der Waals surface area contributed by atoms with Crippen molar-refractivity contribution in [2.75, 3.05) is 32.8 Å². The van der Waals surface area contributed by atoms with Crippen molar-refractivity contribution in [3.63, 3.8) is 0 Å². The van der Waals surface area contributed by atoms with Crippen LogP contribution in [-0.4, -0.2) is 49.8 Å². The monoisotopic (exact) mass is 338 g/mol. The van der Waals surface area contributed by atoms with Gasteiger partial charge in [0.1, 0.15) is 0 Å². The zero-order chi connectivity index (χ0) is 17.2. The van der Waals surface area contributed by atoms with Gasteiger partial charge in [-0.15, -0.1) is 0 Å². The van der Waals surface area contributed by atoms with Crippen LogP contribution in [0, 0.1) is 11.8 Å². The molecule has 1 aliphatic heterocycles. The van der Waals surface area contributed by atoms with Crippen molar-refractivity contribution >= 4 is 0 Å². The van der Waals surface area contributed by atoms with Crippen molar-refractivity contribution in [1.29, 1.82) is 0 Å². The zero-order valence-electron chi connectivity index (χ0n) is 16.6. The Kier molecular flexibility index (Phi) is 9.67. The molecule has 24 heavy (non-hydrogen) atoms. The predicted molar refractivity (Wildman–Crippen MR) is 104 cm³/mol. The lowest BCUT2D eigenvalue weighted by Crippen LogP contribution is -2.46. The molecule has 0 aromatic carbocycles. The quantitative estimate of drug-likeness (QED) is 0.532. The fourth-order valence-corrected chi connectivity index (χ4v) is 4.07. The lowest BCUT2D eigenvalue weighted by molar-refractivity contribution is -0.0408. The van der Waals surface area contributed by atoms with Crippen molar-refractivity contribution < 1.29 is 4.74 Å². The molecule has 0 bridgehead atoms. The lowest BCUT2D eigenvalue weighted by Gasteiger charge is -2.38. The molecule has 0 spiro atoms. The van der Waals surface area contributed by atoms with Crippen molar-refractivity contribution in [2.24, 2.45) is 11.8 Å². The molecule has 3 heteroatoms. The highest BCUT2D eigenvalue weighted by molar-refractivity contribution is 4.86. The minimum Gasteiger partial charge on any atom is -0.378 e. The van der Waals surface area contributed by atoms with Gasteiger partial charge in [-0.1, -0.05) is 46.5 Å². The largest absolute Gasteiger partial charge is 0.378 e. The van der Waals surface area contributed by atoms with Gasteiger partial charge in [-0.25, -0.2) is 0 Å². The van der Waals surface area contributed by atoms with E-state index in [0.29, 0.717) is 6.10 Å². The summed E-state index contributed by atoms with van der Waals surface area (Å²) in [5.74, 6) is 1.70. The van der Waals surface area contributed by atoms with Gasteiger partial charge in [0, 0.05) is 19.2 Å². The third kappa shape index (κ3) is 7.01.